The molecule has 1 fully saturated rings. The summed E-state index contributed by atoms with van der Waals surface area (Å²) in [6.45, 7) is 2.04. The molecule has 1 aliphatic heterocycles. The summed E-state index contributed by atoms with van der Waals surface area (Å²) in [6.07, 6.45) is 5.68. The Hall–Kier alpha value is -1.36. The van der Waals surface area contributed by atoms with Gasteiger partial charge in [0, 0.05) is 6.42 Å². The van der Waals surface area contributed by atoms with Crippen LogP contribution in [0.25, 0.3) is 0 Å². The number of hydrogen-bond donors (Lipinski definition) is 2. The van der Waals surface area contributed by atoms with Crippen LogP contribution in [0.3, 0.4) is 0 Å². The summed E-state index contributed by atoms with van der Waals surface area (Å²) in [5.74, 6) is 0.552. The fraction of sp³-hybridized carbons (Fsp3) is 0.600. The van der Waals surface area contributed by atoms with Gasteiger partial charge in [-0.05, 0) is 31.8 Å². The third kappa shape index (κ3) is 3.06. The zero-order valence-corrected chi connectivity index (χ0v) is 8.53. The summed E-state index contributed by atoms with van der Waals surface area (Å²) in [4.78, 5) is 11.6. The Bertz CT molecular complexity index is 304. The minimum Gasteiger partial charge on any atom is -0.363 e. The molecule has 15 heavy (non-hydrogen) atoms. The van der Waals surface area contributed by atoms with E-state index in [0.29, 0.717) is 18.0 Å². The monoisotopic (exact) mass is 209 g/mol. The maximum absolute atomic E-state index is 11.6. The number of rotatable bonds is 3. The summed E-state index contributed by atoms with van der Waals surface area (Å²) >= 11 is 0. The van der Waals surface area contributed by atoms with E-state index in [4.69, 9.17) is 0 Å². The fourth-order valence-corrected chi connectivity index (χ4v) is 1.83. The van der Waals surface area contributed by atoms with Crippen molar-refractivity contribution in [2.45, 2.75) is 19.3 Å². The fourth-order valence-electron chi connectivity index (χ4n) is 1.83. The van der Waals surface area contributed by atoms with Crippen LogP contribution in [0.2, 0.25) is 0 Å². The minimum atomic E-state index is 0.0464. The molecule has 1 aliphatic rings. The van der Waals surface area contributed by atoms with Crippen molar-refractivity contribution in [3.05, 3.63) is 12.5 Å². The van der Waals surface area contributed by atoms with Crippen LogP contribution < -0.4 is 10.6 Å². The Morgan fingerprint density at radius 3 is 3.07 bits per heavy atom. The van der Waals surface area contributed by atoms with E-state index in [1.807, 2.05) is 0 Å². The van der Waals surface area contributed by atoms with Crippen molar-refractivity contribution in [1.82, 2.24) is 10.5 Å². The highest BCUT2D eigenvalue weighted by Gasteiger charge is 2.16. The lowest BCUT2D eigenvalue weighted by molar-refractivity contribution is -0.117. The molecule has 1 aromatic rings. The van der Waals surface area contributed by atoms with Gasteiger partial charge in [-0.2, -0.15) is 0 Å². The Morgan fingerprint density at radius 1 is 1.60 bits per heavy atom. The second kappa shape index (κ2) is 4.93. The quantitative estimate of drug-likeness (QED) is 0.779. The second-order valence-corrected chi connectivity index (χ2v) is 3.86. The van der Waals surface area contributed by atoms with Gasteiger partial charge in [0.1, 0.15) is 12.0 Å². The van der Waals surface area contributed by atoms with Crippen LogP contribution in [0.1, 0.15) is 19.3 Å². The zero-order valence-electron chi connectivity index (χ0n) is 8.53. The predicted octanol–water partition coefficient (Wildman–Crippen LogP) is 1.00. The van der Waals surface area contributed by atoms with Gasteiger partial charge in [0.15, 0.2) is 0 Å². The van der Waals surface area contributed by atoms with E-state index < -0.39 is 0 Å². The Balaban J connectivity index is 1.76. The summed E-state index contributed by atoms with van der Waals surface area (Å²) in [6, 6.07) is 0. The molecule has 0 spiro atoms. The van der Waals surface area contributed by atoms with Gasteiger partial charge in [0.25, 0.3) is 0 Å². The first-order chi connectivity index (χ1) is 7.34. The zero-order chi connectivity index (χ0) is 10.5. The van der Waals surface area contributed by atoms with Gasteiger partial charge in [-0.1, -0.05) is 5.16 Å². The number of hydrogen-bond acceptors (Lipinski definition) is 4. The molecule has 2 heterocycles. The van der Waals surface area contributed by atoms with Crippen molar-refractivity contribution in [2.24, 2.45) is 5.92 Å². The lowest BCUT2D eigenvalue weighted by Gasteiger charge is -2.21. The molecule has 1 saturated heterocycles. The number of nitrogens with zero attached hydrogens (tertiary/aromatic N) is 1. The molecule has 0 bridgehead atoms. The molecule has 5 nitrogen and oxygen atoms in total. The first kappa shape index (κ1) is 10.2. The lowest BCUT2D eigenvalue weighted by atomic mass is 9.94. The average Bonchev–Trinajstić information content (AvgIpc) is 2.71. The lowest BCUT2D eigenvalue weighted by Crippen LogP contribution is -2.30. The molecule has 82 valence electrons. The van der Waals surface area contributed by atoms with Gasteiger partial charge < -0.3 is 15.2 Å². The molecule has 1 amide bonds. The number of carbonyl (C=O) groups excluding carboxylic acids is 1. The molecule has 0 saturated carbocycles. The standard InChI is InChI=1S/C10H15N3O2/c14-10(13-9-6-12-15-7-9)5-8-1-3-11-4-2-8/h6-8,11H,1-5H2,(H,13,14). The van der Waals surface area contributed by atoms with Crippen molar-refractivity contribution in [2.75, 3.05) is 18.4 Å². The van der Waals surface area contributed by atoms with Gasteiger partial charge in [0.2, 0.25) is 5.91 Å². The van der Waals surface area contributed by atoms with E-state index in [0.717, 1.165) is 25.9 Å². The van der Waals surface area contributed by atoms with Gasteiger partial charge in [0.05, 0.1) is 6.20 Å². The number of amides is 1. The molecule has 2 N–H and O–H groups in total. The van der Waals surface area contributed by atoms with Crippen molar-refractivity contribution < 1.29 is 9.32 Å². The van der Waals surface area contributed by atoms with Crippen LogP contribution in [-0.2, 0) is 4.79 Å². The number of nitrogens with one attached hydrogen (secondary N) is 2. The van der Waals surface area contributed by atoms with Crippen molar-refractivity contribution in [3.63, 3.8) is 0 Å². The number of anilines is 1. The smallest absolute Gasteiger partial charge is 0.224 e. The molecular weight excluding hydrogens is 194 g/mol. The highest BCUT2D eigenvalue weighted by Crippen LogP contribution is 2.16. The molecule has 0 aromatic carbocycles. The van der Waals surface area contributed by atoms with Gasteiger partial charge in [-0.25, -0.2) is 0 Å². The summed E-state index contributed by atoms with van der Waals surface area (Å²) < 4.78 is 4.63. The second-order valence-electron chi connectivity index (χ2n) is 3.86. The van der Waals surface area contributed by atoms with Crippen LogP contribution in [0.15, 0.2) is 17.0 Å². The highest BCUT2D eigenvalue weighted by molar-refractivity contribution is 5.90. The molecule has 5 heteroatoms. The molecule has 0 unspecified atom stereocenters. The van der Waals surface area contributed by atoms with E-state index >= 15 is 0 Å². The predicted molar refractivity (Wildman–Crippen MR) is 55.3 cm³/mol. The van der Waals surface area contributed by atoms with Crippen LogP contribution in [-0.4, -0.2) is 24.2 Å². The van der Waals surface area contributed by atoms with Crippen LogP contribution in [0.4, 0.5) is 5.69 Å². The number of aromatic nitrogens is 1. The van der Waals surface area contributed by atoms with E-state index in [2.05, 4.69) is 20.3 Å². The number of carbonyl (C=O) groups is 1. The van der Waals surface area contributed by atoms with E-state index in [1.165, 1.54) is 12.5 Å². The molecule has 0 radical (unpaired) electrons. The maximum Gasteiger partial charge on any atom is 0.224 e. The molecule has 2 rings (SSSR count). The largest absolute Gasteiger partial charge is 0.363 e. The minimum absolute atomic E-state index is 0.0464. The van der Waals surface area contributed by atoms with Gasteiger partial charge in [-0.15, -0.1) is 0 Å². The SMILES string of the molecule is O=C(CC1CCNCC1)Nc1cnoc1. The average molecular weight is 209 g/mol. The third-order valence-electron chi connectivity index (χ3n) is 2.65. The van der Waals surface area contributed by atoms with Crippen molar-refractivity contribution in [1.29, 1.82) is 0 Å². The Morgan fingerprint density at radius 2 is 2.40 bits per heavy atom. The molecule has 1 aromatic heterocycles. The van der Waals surface area contributed by atoms with Crippen LogP contribution in [0.5, 0.6) is 0 Å². The summed E-state index contributed by atoms with van der Waals surface area (Å²) in [7, 11) is 0. The molecule has 0 atom stereocenters. The molecule has 0 aliphatic carbocycles. The maximum atomic E-state index is 11.6. The van der Waals surface area contributed by atoms with Crippen LogP contribution in [0, 0.1) is 5.92 Å². The molecular formula is C10H15N3O2. The Labute approximate surface area is 88.2 Å². The van der Waals surface area contributed by atoms with E-state index in [-0.39, 0.29) is 5.91 Å². The van der Waals surface area contributed by atoms with Crippen molar-refractivity contribution in [3.8, 4) is 0 Å². The number of piperidine rings is 1. The Kier molecular flexibility index (Phi) is 3.34. The topological polar surface area (TPSA) is 67.2 Å². The summed E-state index contributed by atoms with van der Waals surface area (Å²) in [5, 5.41) is 9.55. The normalized spacial score (nSPS) is 17.6. The van der Waals surface area contributed by atoms with Crippen LogP contribution >= 0.6 is 0 Å². The van der Waals surface area contributed by atoms with E-state index in [1.54, 1.807) is 0 Å². The van der Waals surface area contributed by atoms with Gasteiger partial charge in [-0.3, -0.25) is 4.79 Å². The highest BCUT2D eigenvalue weighted by atomic mass is 16.5. The summed E-state index contributed by atoms with van der Waals surface area (Å²) in [5.41, 5.74) is 0.633. The first-order valence-corrected chi connectivity index (χ1v) is 5.24. The third-order valence-corrected chi connectivity index (χ3v) is 2.65. The van der Waals surface area contributed by atoms with Gasteiger partial charge >= 0.3 is 0 Å². The van der Waals surface area contributed by atoms with Crippen molar-refractivity contribution >= 4 is 11.6 Å². The first-order valence-electron chi connectivity index (χ1n) is 5.24. The van der Waals surface area contributed by atoms with E-state index in [9.17, 15) is 4.79 Å².